The Balaban J connectivity index is 2.77. The van der Waals surface area contributed by atoms with Crippen molar-refractivity contribution < 1.29 is 72.1 Å². The average molecular weight is 634 g/mol. The summed E-state index contributed by atoms with van der Waals surface area (Å²) < 4.78 is 38.7. The van der Waals surface area contributed by atoms with Gasteiger partial charge in [-0.15, -0.1) is 0 Å². The van der Waals surface area contributed by atoms with E-state index in [0.29, 0.717) is 0 Å². The summed E-state index contributed by atoms with van der Waals surface area (Å²) in [6.07, 6.45) is -6.72. The van der Waals surface area contributed by atoms with Crippen molar-refractivity contribution in [1.29, 1.82) is 0 Å². The summed E-state index contributed by atoms with van der Waals surface area (Å²) in [6, 6.07) is -1.33. The van der Waals surface area contributed by atoms with Gasteiger partial charge in [-0.2, -0.15) is 0 Å². The molecule has 1 aliphatic carbocycles. The summed E-state index contributed by atoms with van der Waals surface area (Å²) in [5.74, 6) is -5.01. The standard InChI is InChI=1S/C28H43NO15/c1-15(31)29-23-21(41-17(3)33)13-28(26(36)38-6,27(37)9-7-20(8-10-27)39-12-11-30)44-25(23)24(43-19(5)35)22(42-18(4)34)14-40-16(2)32/h20-25,30,37H,7-14H2,1-6H3,(H,29,31)/t20?,21-,22+,23+,24+,25+,27?,28+/m0/s1. The lowest BCUT2D eigenvalue weighted by Gasteiger charge is -2.55. The fourth-order valence-corrected chi connectivity index (χ4v) is 5.78. The minimum atomic E-state index is -2.27. The molecule has 44 heavy (non-hydrogen) atoms. The van der Waals surface area contributed by atoms with E-state index >= 15 is 0 Å². The molecular weight excluding hydrogens is 590 g/mol. The summed E-state index contributed by atoms with van der Waals surface area (Å²) in [7, 11) is 1.06. The summed E-state index contributed by atoms with van der Waals surface area (Å²) >= 11 is 0. The summed E-state index contributed by atoms with van der Waals surface area (Å²) in [6.45, 7) is 4.68. The highest BCUT2D eigenvalue weighted by Crippen LogP contribution is 2.48. The van der Waals surface area contributed by atoms with E-state index in [4.69, 9.17) is 38.3 Å². The molecule has 1 aliphatic heterocycles. The van der Waals surface area contributed by atoms with E-state index in [2.05, 4.69) is 5.32 Å². The third-order valence-corrected chi connectivity index (χ3v) is 7.50. The Morgan fingerprint density at radius 3 is 2.02 bits per heavy atom. The zero-order valence-corrected chi connectivity index (χ0v) is 25.8. The Morgan fingerprint density at radius 2 is 1.55 bits per heavy atom. The topological polar surface area (TPSA) is 220 Å². The molecule has 2 fully saturated rings. The monoisotopic (exact) mass is 633 g/mol. The van der Waals surface area contributed by atoms with Crippen molar-refractivity contribution in [3.63, 3.8) is 0 Å². The number of hydrogen-bond donors (Lipinski definition) is 3. The van der Waals surface area contributed by atoms with E-state index in [1.807, 2.05) is 0 Å². The molecule has 0 aromatic rings. The van der Waals surface area contributed by atoms with E-state index in [1.54, 1.807) is 0 Å². The highest BCUT2D eigenvalue weighted by atomic mass is 16.6. The van der Waals surface area contributed by atoms with Crippen LogP contribution in [0, 0.1) is 0 Å². The quantitative estimate of drug-likeness (QED) is 0.167. The predicted octanol–water partition coefficient (Wildman–Crippen LogP) is -0.767. The van der Waals surface area contributed by atoms with Crippen LogP contribution in [0.4, 0.5) is 0 Å². The van der Waals surface area contributed by atoms with Gasteiger partial charge in [-0.1, -0.05) is 0 Å². The summed E-state index contributed by atoms with van der Waals surface area (Å²) in [4.78, 5) is 74.6. The van der Waals surface area contributed by atoms with Crippen molar-refractivity contribution in [1.82, 2.24) is 5.32 Å². The van der Waals surface area contributed by atoms with Crippen LogP contribution in [0.1, 0.15) is 66.7 Å². The second-order valence-corrected chi connectivity index (χ2v) is 10.8. The number of nitrogens with one attached hydrogen (secondary N) is 1. The fraction of sp³-hybridized carbons (Fsp3) is 0.786. The van der Waals surface area contributed by atoms with Gasteiger partial charge in [0.1, 0.15) is 24.4 Å². The second kappa shape index (κ2) is 16.1. The summed E-state index contributed by atoms with van der Waals surface area (Å²) in [5, 5.41) is 23.9. The van der Waals surface area contributed by atoms with Crippen LogP contribution in [-0.2, 0) is 61.9 Å². The van der Waals surface area contributed by atoms with Crippen LogP contribution in [0.2, 0.25) is 0 Å². The van der Waals surface area contributed by atoms with Crippen LogP contribution >= 0.6 is 0 Å². The van der Waals surface area contributed by atoms with Crippen molar-refractivity contribution in [2.24, 2.45) is 0 Å². The van der Waals surface area contributed by atoms with Gasteiger partial charge in [0.05, 0.1) is 32.5 Å². The Bertz CT molecular complexity index is 1060. The highest BCUT2D eigenvalue weighted by molar-refractivity contribution is 5.82. The molecule has 250 valence electrons. The van der Waals surface area contributed by atoms with Crippen molar-refractivity contribution in [2.45, 2.75) is 114 Å². The molecule has 2 aliphatic rings. The Kier molecular flexibility index (Phi) is 13.5. The maximum Gasteiger partial charge on any atom is 0.341 e. The number of aliphatic hydroxyl groups is 2. The minimum Gasteiger partial charge on any atom is -0.467 e. The molecule has 0 aromatic heterocycles. The molecule has 6 atom stereocenters. The molecule has 2 rings (SSSR count). The van der Waals surface area contributed by atoms with E-state index in [1.165, 1.54) is 0 Å². The van der Waals surface area contributed by atoms with Crippen LogP contribution in [0.5, 0.6) is 0 Å². The lowest BCUT2D eigenvalue weighted by molar-refractivity contribution is -0.287. The van der Waals surface area contributed by atoms with E-state index < -0.39 is 90.4 Å². The first kappa shape index (κ1) is 36.8. The zero-order valence-electron chi connectivity index (χ0n) is 25.8. The van der Waals surface area contributed by atoms with Crippen molar-refractivity contribution in [2.75, 3.05) is 26.9 Å². The number of amides is 1. The lowest BCUT2D eigenvalue weighted by Crippen LogP contribution is -2.74. The lowest BCUT2D eigenvalue weighted by atomic mass is 9.67. The van der Waals surface area contributed by atoms with Crippen LogP contribution in [-0.4, -0.2) is 121 Å². The van der Waals surface area contributed by atoms with Crippen LogP contribution < -0.4 is 5.32 Å². The number of hydrogen-bond acceptors (Lipinski definition) is 15. The second-order valence-electron chi connectivity index (χ2n) is 10.8. The molecule has 1 amide bonds. The normalized spacial score (nSPS) is 29.7. The number of aliphatic hydroxyl groups excluding tert-OH is 1. The van der Waals surface area contributed by atoms with Crippen LogP contribution in [0.3, 0.4) is 0 Å². The van der Waals surface area contributed by atoms with Gasteiger partial charge in [-0.05, 0) is 25.7 Å². The molecule has 1 saturated heterocycles. The molecular formula is C28H43NO15. The SMILES string of the molecule is COC(=O)[C@@]1(C2(O)CCC(OCCO)CC2)C[C@H](OC(C)=O)[C@@H](NC(C)=O)[C@H]([C@H](OC(C)=O)[C@@H](COC(C)=O)OC(C)=O)O1. The van der Waals surface area contributed by atoms with Crippen molar-refractivity contribution in [3.05, 3.63) is 0 Å². The highest BCUT2D eigenvalue weighted by Gasteiger charge is 2.66. The maximum absolute atomic E-state index is 13.7. The van der Waals surface area contributed by atoms with Gasteiger partial charge in [0.25, 0.3) is 0 Å². The van der Waals surface area contributed by atoms with Gasteiger partial charge in [0.2, 0.25) is 5.91 Å². The predicted molar refractivity (Wildman–Crippen MR) is 145 cm³/mol. The molecule has 0 spiro atoms. The number of esters is 5. The third kappa shape index (κ3) is 9.33. The molecule has 0 radical (unpaired) electrons. The van der Waals surface area contributed by atoms with Gasteiger partial charge >= 0.3 is 29.8 Å². The zero-order chi connectivity index (χ0) is 33.2. The first-order valence-corrected chi connectivity index (χ1v) is 14.2. The van der Waals surface area contributed by atoms with Crippen molar-refractivity contribution in [3.8, 4) is 0 Å². The average Bonchev–Trinajstić information content (AvgIpc) is 2.93. The molecule has 1 saturated carbocycles. The molecule has 0 unspecified atom stereocenters. The molecule has 16 nitrogen and oxygen atoms in total. The summed E-state index contributed by atoms with van der Waals surface area (Å²) in [5.41, 5.74) is -4.24. The largest absolute Gasteiger partial charge is 0.467 e. The van der Waals surface area contributed by atoms with Crippen molar-refractivity contribution >= 4 is 35.8 Å². The number of rotatable bonds is 13. The number of ether oxygens (including phenoxy) is 7. The van der Waals surface area contributed by atoms with Crippen LogP contribution in [0.25, 0.3) is 0 Å². The molecule has 0 bridgehead atoms. The number of methoxy groups -OCH3 is 1. The minimum absolute atomic E-state index is 0.0679. The Labute approximate surface area is 254 Å². The Morgan fingerprint density at radius 1 is 0.932 bits per heavy atom. The molecule has 0 aromatic carbocycles. The smallest absolute Gasteiger partial charge is 0.341 e. The van der Waals surface area contributed by atoms with Gasteiger partial charge in [-0.3, -0.25) is 24.0 Å². The Hall–Kier alpha value is -3.34. The number of carbonyl (C=O) groups excluding carboxylic acids is 6. The van der Waals surface area contributed by atoms with E-state index in [0.717, 1.165) is 41.7 Å². The third-order valence-electron chi connectivity index (χ3n) is 7.50. The van der Waals surface area contributed by atoms with E-state index in [9.17, 15) is 33.9 Å². The first-order valence-electron chi connectivity index (χ1n) is 14.2. The van der Waals surface area contributed by atoms with Crippen LogP contribution in [0.15, 0.2) is 0 Å². The van der Waals surface area contributed by atoms with Gasteiger partial charge in [0, 0.05) is 41.0 Å². The molecule has 1 heterocycles. The maximum atomic E-state index is 13.7. The number of carbonyl (C=O) groups is 6. The molecule has 16 heteroatoms. The van der Waals surface area contributed by atoms with E-state index in [-0.39, 0.29) is 45.0 Å². The molecule has 3 N–H and O–H groups in total. The van der Waals surface area contributed by atoms with Gasteiger partial charge in [-0.25, -0.2) is 4.79 Å². The van der Waals surface area contributed by atoms with Gasteiger partial charge in [0.15, 0.2) is 17.8 Å². The fourth-order valence-electron chi connectivity index (χ4n) is 5.78. The first-order chi connectivity index (χ1) is 20.6. The van der Waals surface area contributed by atoms with Gasteiger partial charge < -0.3 is 48.7 Å².